The molecule has 1 aliphatic rings. The Bertz CT molecular complexity index is 1180. The van der Waals surface area contributed by atoms with Gasteiger partial charge in [-0.05, 0) is 49.4 Å². The van der Waals surface area contributed by atoms with Gasteiger partial charge in [0.2, 0.25) is 0 Å². The molecule has 0 aliphatic carbocycles. The van der Waals surface area contributed by atoms with Crippen LogP contribution in [0, 0.1) is 12.7 Å². The van der Waals surface area contributed by atoms with Crippen LogP contribution >= 0.6 is 0 Å². The van der Waals surface area contributed by atoms with Crippen molar-refractivity contribution in [3.63, 3.8) is 0 Å². The summed E-state index contributed by atoms with van der Waals surface area (Å²) < 4.78 is 18.9. The van der Waals surface area contributed by atoms with E-state index in [9.17, 15) is 19.1 Å². The zero-order chi connectivity index (χ0) is 22.1. The number of aliphatic hydroxyl groups excluding tert-OH is 1. The monoisotopic (exact) mass is 417 g/mol. The van der Waals surface area contributed by atoms with Gasteiger partial charge in [0.05, 0.1) is 18.7 Å². The number of ether oxygens (including phenoxy) is 1. The van der Waals surface area contributed by atoms with Crippen LogP contribution in [0.3, 0.4) is 0 Å². The SMILES string of the molecule is COc1ccccc1C1/C(=C(/O)c2ccc(F)cc2)C(=O)C(=O)N1c1ccc(C)cc1. The van der Waals surface area contributed by atoms with Crippen LogP contribution in [0.4, 0.5) is 10.1 Å². The average Bonchev–Trinajstić information content (AvgIpc) is 3.05. The van der Waals surface area contributed by atoms with Gasteiger partial charge in [0, 0.05) is 16.8 Å². The zero-order valence-electron chi connectivity index (χ0n) is 17.0. The molecule has 3 aromatic rings. The molecule has 1 atom stereocenters. The summed E-state index contributed by atoms with van der Waals surface area (Å²) in [7, 11) is 1.50. The van der Waals surface area contributed by atoms with E-state index in [1.54, 1.807) is 36.4 Å². The van der Waals surface area contributed by atoms with Crippen LogP contribution in [0.15, 0.2) is 78.4 Å². The van der Waals surface area contributed by atoms with E-state index in [4.69, 9.17) is 4.74 Å². The van der Waals surface area contributed by atoms with E-state index in [1.807, 2.05) is 19.1 Å². The quantitative estimate of drug-likeness (QED) is 0.377. The molecule has 1 fully saturated rings. The van der Waals surface area contributed by atoms with Gasteiger partial charge < -0.3 is 9.84 Å². The fraction of sp³-hybridized carbons (Fsp3) is 0.120. The zero-order valence-corrected chi connectivity index (χ0v) is 17.0. The second-order valence-electron chi connectivity index (χ2n) is 7.25. The highest BCUT2D eigenvalue weighted by molar-refractivity contribution is 6.51. The predicted molar refractivity (Wildman–Crippen MR) is 115 cm³/mol. The van der Waals surface area contributed by atoms with Crippen molar-refractivity contribution in [3.8, 4) is 5.75 Å². The van der Waals surface area contributed by atoms with Gasteiger partial charge in [-0.3, -0.25) is 14.5 Å². The Labute approximate surface area is 179 Å². The van der Waals surface area contributed by atoms with Crippen molar-refractivity contribution in [2.24, 2.45) is 0 Å². The number of methoxy groups -OCH3 is 1. The van der Waals surface area contributed by atoms with Gasteiger partial charge in [-0.15, -0.1) is 0 Å². The van der Waals surface area contributed by atoms with E-state index in [1.165, 1.54) is 36.3 Å². The van der Waals surface area contributed by atoms with Crippen LogP contribution in [0.25, 0.3) is 5.76 Å². The third-order valence-corrected chi connectivity index (χ3v) is 5.31. The molecule has 0 aromatic heterocycles. The largest absolute Gasteiger partial charge is 0.507 e. The Morgan fingerprint density at radius 2 is 1.61 bits per heavy atom. The van der Waals surface area contributed by atoms with Crippen molar-refractivity contribution < 1.29 is 23.8 Å². The number of ketones is 1. The summed E-state index contributed by atoms with van der Waals surface area (Å²) >= 11 is 0. The van der Waals surface area contributed by atoms with Crippen molar-refractivity contribution in [2.45, 2.75) is 13.0 Å². The van der Waals surface area contributed by atoms with Gasteiger partial charge in [0.25, 0.3) is 11.7 Å². The number of aryl methyl sites for hydroxylation is 1. The van der Waals surface area contributed by atoms with E-state index in [2.05, 4.69) is 0 Å². The first-order valence-corrected chi connectivity index (χ1v) is 9.69. The van der Waals surface area contributed by atoms with Gasteiger partial charge in [-0.2, -0.15) is 0 Å². The third-order valence-electron chi connectivity index (χ3n) is 5.31. The van der Waals surface area contributed by atoms with Crippen molar-refractivity contribution in [2.75, 3.05) is 12.0 Å². The minimum Gasteiger partial charge on any atom is -0.507 e. The summed E-state index contributed by atoms with van der Waals surface area (Å²) in [6.07, 6.45) is 0. The van der Waals surface area contributed by atoms with E-state index >= 15 is 0 Å². The smallest absolute Gasteiger partial charge is 0.300 e. The fourth-order valence-electron chi connectivity index (χ4n) is 3.75. The number of aliphatic hydroxyl groups is 1. The number of carbonyl (C=O) groups excluding carboxylic acids is 2. The number of rotatable bonds is 4. The van der Waals surface area contributed by atoms with Crippen LogP contribution < -0.4 is 9.64 Å². The maximum absolute atomic E-state index is 13.4. The Morgan fingerprint density at radius 3 is 2.26 bits per heavy atom. The van der Waals surface area contributed by atoms with Gasteiger partial charge in [-0.1, -0.05) is 35.9 Å². The molecule has 1 unspecified atom stereocenters. The van der Waals surface area contributed by atoms with Crippen LogP contribution in [-0.2, 0) is 9.59 Å². The molecule has 6 heteroatoms. The van der Waals surface area contributed by atoms with Gasteiger partial charge in [-0.25, -0.2) is 4.39 Å². The van der Waals surface area contributed by atoms with E-state index in [0.717, 1.165) is 5.56 Å². The number of hydrogen-bond donors (Lipinski definition) is 1. The number of amides is 1. The molecule has 31 heavy (non-hydrogen) atoms. The molecule has 4 rings (SSSR count). The van der Waals surface area contributed by atoms with Gasteiger partial charge in [0.15, 0.2) is 0 Å². The Hall–Kier alpha value is -3.93. The van der Waals surface area contributed by atoms with Crippen LogP contribution in [0.2, 0.25) is 0 Å². The molecular weight excluding hydrogens is 397 g/mol. The lowest BCUT2D eigenvalue weighted by atomic mass is 9.94. The highest BCUT2D eigenvalue weighted by atomic mass is 19.1. The average molecular weight is 417 g/mol. The van der Waals surface area contributed by atoms with Crippen LogP contribution in [-0.4, -0.2) is 23.9 Å². The van der Waals surface area contributed by atoms with Gasteiger partial charge in [0.1, 0.15) is 17.3 Å². The lowest BCUT2D eigenvalue weighted by molar-refractivity contribution is -0.132. The normalized spacial score (nSPS) is 17.8. The first-order valence-electron chi connectivity index (χ1n) is 9.69. The molecular formula is C25H20FNO4. The summed E-state index contributed by atoms with van der Waals surface area (Å²) in [5.41, 5.74) is 2.22. The molecule has 0 spiro atoms. The summed E-state index contributed by atoms with van der Waals surface area (Å²) in [6, 6.07) is 18.4. The molecule has 156 valence electrons. The van der Waals surface area contributed by atoms with Crippen LogP contribution in [0.1, 0.15) is 22.7 Å². The van der Waals surface area contributed by atoms with Crippen molar-refractivity contribution in [1.82, 2.24) is 0 Å². The van der Waals surface area contributed by atoms with E-state index < -0.39 is 23.5 Å². The summed E-state index contributed by atoms with van der Waals surface area (Å²) in [5.74, 6) is -1.96. The number of benzene rings is 3. The predicted octanol–water partition coefficient (Wildman–Crippen LogP) is 4.77. The number of anilines is 1. The minimum absolute atomic E-state index is 0.0818. The second kappa shape index (κ2) is 8.07. The molecule has 0 radical (unpaired) electrons. The molecule has 1 saturated heterocycles. The first kappa shape index (κ1) is 20.3. The van der Waals surface area contributed by atoms with Crippen LogP contribution in [0.5, 0.6) is 5.75 Å². The number of Topliss-reactive ketones (excluding diaryl/α,β-unsaturated/α-hetero) is 1. The van der Waals surface area contributed by atoms with Crippen molar-refractivity contribution in [1.29, 1.82) is 0 Å². The van der Waals surface area contributed by atoms with E-state index in [0.29, 0.717) is 17.0 Å². The molecule has 1 heterocycles. The third kappa shape index (κ3) is 3.57. The molecule has 0 saturated carbocycles. The molecule has 1 aliphatic heterocycles. The highest BCUT2D eigenvalue weighted by Crippen LogP contribution is 2.44. The number of carbonyl (C=O) groups is 2. The number of halogens is 1. The standard InChI is InChI=1S/C25H20FNO4/c1-15-7-13-18(14-8-15)27-22(19-5-3-4-6-20(19)31-2)21(24(29)25(27)30)23(28)16-9-11-17(26)12-10-16/h3-14,22,28H,1-2H3/b23-21-. The number of hydrogen-bond acceptors (Lipinski definition) is 4. The lowest BCUT2D eigenvalue weighted by Crippen LogP contribution is -2.29. The minimum atomic E-state index is -0.913. The van der Waals surface area contributed by atoms with Crippen molar-refractivity contribution in [3.05, 3.63) is 101 Å². The maximum atomic E-state index is 13.4. The van der Waals surface area contributed by atoms with Crippen molar-refractivity contribution >= 4 is 23.1 Å². The summed E-state index contributed by atoms with van der Waals surface area (Å²) in [4.78, 5) is 27.6. The Morgan fingerprint density at radius 1 is 0.968 bits per heavy atom. The molecule has 1 N–H and O–H groups in total. The molecule has 5 nitrogen and oxygen atoms in total. The topological polar surface area (TPSA) is 66.8 Å². The Balaban J connectivity index is 1.97. The second-order valence-corrected chi connectivity index (χ2v) is 7.25. The highest BCUT2D eigenvalue weighted by Gasteiger charge is 2.47. The first-order chi connectivity index (χ1) is 14.9. The summed E-state index contributed by atoms with van der Waals surface area (Å²) in [6.45, 7) is 1.92. The summed E-state index contributed by atoms with van der Waals surface area (Å²) in [5, 5.41) is 11.0. The fourth-order valence-corrected chi connectivity index (χ4v) is 3.75. The van der Waals surface area contributed by atoms with E-state index in [-0.39, 0.29) is 16.9 Å². The number of para-hydroxylation sites is 1. The molecule has 3 aromatic carbocycles. The lowest BCUT2D eigenvalue weighted by Gasteiger charge is -2.26. The maximum Gasteiger partial charge on any atom is 0.300 e. The number of nitrogens with zero attached hydrogens (tertiary/aromatic N) is 1. The van der Waals surface area contributed by atoms with Gasteiger partial charge >= 0.3 is 0 Å². The molecule has 1 amide bonds. The molecule has 0 bridgehead atoms. The Kier molecular flexibility index (Phi) is 5.29.